The Morgan fingerprint density at radius 2 is 2.05 bits per heavy atom. The number of carbonyl (C=O) groups is 2. The third kappa shape index (κ3) is 2.54. The van der Waals surface area contributed by atoms with Crippen molar-refractivity contribution < 1.29 is 19.1 Å². The molecule has 118 valence electrons. The van der Waals surface area contributed by atoms with Crippen molar-refractivity contribution in [1.82, 2.24) is 0 Å². The average Bonchev–Trinajstić information content (AvgIpc) is 2.50. The standard InChI is InChI=1S/C15H19N3O4/c1-2-3-9-15(20)18(8-14(16)19)11-7-13-12(6-10(11)17-9)21-4-5-22-13/h6-7,9,17H,2-5,8H2,1H3,(H2,16,19). The number of nitrogens with two attached hydrogens (primary N) is 1. The van der Waals surface area contributed by atoms with Gasteiger partial charge in [-0.05, 0) is 6.42 Å². The highest BCUT2D eigenvalue weighted by atomic mass is 16.6. The number of ether oxygens (including phenoxy) is 2. The quantitative estimate of drug-likeness (QED) is 0.861. The number of amides is 2. The fourth-order valence-corrected chi connectivity index (χ4v) is 2.78. The van der Waals surface area contributed by atoms with Crippen molar-refractivity contribution >= 4 is 23.2 Å². The molecular weight excluding hydrogens is 286 g/mol. The molecule has 0 bridgehead atoms. The van der Waals surface area contributed by atoms with E-state index in [9.17, 15) is 9.59 Å². The predicted molar refractivity (Wildman–Crippen MR) is 81.3 cm³/mol. The molecule has 0 spiro atoms. The Morgan fingerprint density at radius 1 is 1.36 bits per heavy atom. The van der Waals surface area contributed by atoms with Gasteiger partial charge in [0.25, 0.3) is 0 Å². The lowest BCUT2D eigenvalue weighted by molar-refractivity contribution is -0.123. The van der Waals surface area contributed by atoms with Crippen molar-refractivity contribution in [1.29, 1.82) is 0 Å². The number of nitrogens with zero attached hydrogens (tertiary/aromatic N) is 1. The molecule has 0 aliphatic carbocycles. The van der Waals surface area contributed by atoms with Crippen LogP contribution in [-0.4, -0.2) is 37.6 Å². The summed E-state index contributed by atoms with van der Waals surface area (Å²) in [6, 6.07) is 3.17. The topological polar surface area (TPSA) is 93.9 Å². The first kappa shape index (κ1) is 14.5. The molecule has 3 rings (SSSR count). The Balaban J connectivity index is 2.03. The molecule has 1 aromatic rings. The predicted octanol–water partition coefficient (Wildman–Crippen LogP) is 0.870. The number of hydrogen-bond acceptors (Lipinski definition) is 5. The van der Waals surface area contributed by atoms with E-state index in [-0.39, 0.29) is 18.5 Å². The lowest BCUT2D eigenvalue weighted by Gasteiger charge is -2.35. The SMILES string of the molecule is CCCC1Nc2cc3c(cc2N(CC(N)=O)C1=O)OCCO3. The molecular formula is C15H19N3O4. The third-order valence-electron chi connectivity index (χ3n) is 3.74. The number of nitrogens with one attached hydrogen (secondary N) is 1. The molecule has 1 unspecified atom stereocenters. The van der Waals surface area contributed by atoms with Crippen LogP contribution in [-0.2, 0) is 9.59 Å². The van der Waals surface area contributed by atoms with E-state index in [4.69, 9.17) is 15.2 Å². The van der Waals surface area contributed by atoms with E-state index < -0.39 is 5.91 Å². The summed E-state index contributed by atoms with van der Waals surface area (Å²) in [6.45, 7) is 2.82. The first-order valence-corrected chi connectivity index (χ1v) is 7.40. The number of benzene rings is 1. The van der Waals surface area contributed by atoms with Crippen LogP contribution in [0.4, 0.5) is 11.4 Å². The maximum atomic E-state index is 12.6. The number of carbonyl (C=O) groups excluding carboxylic acids is 2. The Hall–Kier alpha value is -2.44. The van der Waals surface area contributed by atoms with Crippen LogP contribution in [0.1, 0.15) is 19.8 Å². The Bertz CT molecular complexity index is 617. The van der Waals surface area contributed by atoms with Crippen molar-refractivity contribution in [3.63, 3.8) is 0 Å². The summed E-state index contributed by atoms with van der Waals surface area (Å²) in [7, 11) is 0. The van der Waals surface area contributed by atoms with Crippen LogP contribution in [0.15, 0.2) is 12.1 Å². The third-order valence-corrected chi connectivity index (χ3v) is 3.74. The van der Waals surface area contributed by atoms with E-state index >= 15 is 0 Å². The summed E-state index contributed by atoms with van der Waals surface area (Å²) in [4.78, 5) is 25.3. The van der Waals surface area contributed by atoms with Gasteiger partial charge in [-0.25, -0.2) is 0 Å². The zero-order valence-corrected chi connectivity index (χ0v) is 12.4. The maximum absolute atomic E-state index is 12.6. The Labute approximate surface area is 128 Å². The van der Waals surface area contributed by atoms with Crippen LogP contribution in [0.3, 0.4) is 0 Å². The van der Waals surface area contributed by atoms with Gasteiger partial charge in [0.05, 0.1) is 11.4 Å². The molecule has 0 fully saturated rings. The van der Waals surface area contributed by atoms with Crippen LogP contribution in [0.2, 0.25) is 0 Å². The fraction of sp³-hybridized carbons (Fsp3) is 0.467. The van der Waals surface area contributed by atoms with Gasteiger partial charge in [-0.15, -0.1) is 0 Å². The van der Waals surface area contributed by atoms with Crippen molar-refractivity contribution in [3.8, 4) is 11.5 Å². The first-order chi connectivity index (χ1) is 10.6. The number of fused-ring (bicyclic) bond motifs is 2. The summed E-state index contributed by atoms with van der Waals surface area (Å²) in [5, 5.41) is 3.22. The van der Waals surface area contributed by atoms with E-state index in [1.165, 1.54) is 4.90 Å². The van der Waals surface area contributed by atoms with Gasteiger partial charge in [-0.3, -0.25) is 14.5 Å². The number of rotatable bonds is 4. The highest BCUT2D eigenvalue weighted by Crippen LogP contribution is 2.42. The summed E-state index contributed by atoms with van der Waals surface area (Å²) in [5.74, 6) is 0.514. The second-order valence-corrected chi connectivity index (χ2v) is 5.39. The molecule has 3 N–H and O–H groups in total. The molecule has 2 heterocycles. The van der Waals surface area contributed by atoms with Crippen LogP contribution >= 0.6 is 0 Å². The minimum Gasteiger partial charge on any atom is -0.486 e. The second-order valence-electron chi connectivity index (χ2n) is 5.39. The molecule has 7 heteroatoms. The number of primary amides is 1. The molecule has 0 saturated carbocycles. The minimum absolute atomic E-state index is 0.145. The summed E-state index contributed by atoms with van der Waals surface area (Å²) in [5.41, 5.74) is 6.64. The van der Waals surface area contributed by atoms with Crippen LogP contribution in [0.5, 0.6) is 11.5 Å². The molecule has 0 radical (unpaired) electrons. The first-order valence-electron chi connectivity index (χ1n) is 7.40. The highest BCUT2D eigenvalue weighted by molar-refractivity contribution is 6.08. The largest absolute Gasteiger partial charge is 0.486 e. The zero-order chi connectivity index (χ0) is 15.7. The van der Waals surface area contributed by atoms with Crippen molar-refractivity contribution in [2.45, 2.75) is 25.8 Å². The smallest absolute Gasteiger partial charge is 0.250 e. The molecule has 7 nitrogen and oxygen atoms in total. The van der Waals surface area contributed by atoms with Gasteiger partial charge < -0.3 is 20.5 Å². The lowest BCUT2D eigenvalue weighted by Crippen LogP contribution is -2.50. The van der Waals surface area contributed by atoms with Gasteiger partial charge >= 0.3 is 0 Å². The molecule has 22 heavy (non-hydrogen) atoms. The van der Waals surface area contributed by atoms with Gasteiger partial charge in [0.2, 0.25) is 11.8 Å². The summed E-state index contributed by atoms with van der Waals surface area (Å²) < 4.78 is 11.1. The molecule has 1 aromatic carbocycles. The Morgan fingerprint density at radius 3 is 2.68 bits per heavy atom. The van der Waals surface area contributed by atoms with Gasteiger partial charge in [0.1, 0.15) is 25.8 Å². The molecule has 1 atom stereocenters. The fourth-order valence-electron chi connectivity index (χ4n) is 2.78. The minimum atomic E-state index is -0.550. The van der Waals surface area contributed by atoms with E-state index in [0.29, 0.717) is 36.8 Å². The van der Waals surface area contributed by atoms with Gasteiger partial charge in [0.15, 0.2) is 11.5 Å². The van der Waals surface area contributed by atoms with Crippen molar-refractivity contribution in [2.75, 3.05) is 30.0 Å². The molecule has 2 aliphatic rings. The van der Waals surface area contributed by atoms with E-state index in [1.54, 1.807) is 6.07 Å². The van der Waals surface area contributed by atoms with Crippen molar-refractivity contribution in [2.24, 2.45) is 5.73 Å². The highest BCUT2D eigenvalue weighted by Gasteiger charge is 2.34. The van der Waals surface area contributed by atoms with E-state index in [1.807, 2.05) is 13.0 Å². The van der Waals surface area contributed by atoms with Crippen molar-refractivity contribution in [3.05, 3.63) is 12.1 Å². The Kier molecular flexibility index (Phi) is 3.79. The summed E-state index contributed by atoms with van der Waals surface area (Å²) in [6.07, 6.45) is 1.54. The van der Waals surface area contributed by atoms with Gasteiger partial charge in [-0.2, -0.15) is 0 Å². The zero-order valence-electron chi connectivity index (χ0n) is 12.4. The monoisotopic (exact) mass is 305 g/mol. The second kappa shape index (κ2) is 5.75. The molecule has 2 aliphatic heterocycles. The average molecular weight is 305 g/mol. The molecule has 2 amide bonds. The van der Waals surface area contributed by atoms with Gasteiger partial charge in [0, 0.05) is 12.1 Å². The van der Waals surface area contributed by atoms with Crippen LogP contribution in [0, 0.1) is 0 Å². The normalized spacial score (nSPS) is 19.4. The van der Waals surface area contributed by atoms with Gasteiger partial charge in [-0.1, -0.05) is 13.3 Å². The van der Waals surface area contributed by atoms with Crippen LogP contribution in [0.25, 0.3) is 0 Å². The number of anilines is 2. The maximum Gasteiger partial charge on any atom is 0.250 e. The summed E-state index contributed by atoms with van der Waals surface area (Å²) >= 11 is 0. The molecule has 0 aromatic heterocycles. The van der Waals surface area contributed by atoms with E-state index in [0.717, 1.165) is 12.1 Å². The lowest BCUT2D eigenvalue weighted by atomic mass is 10.0. The number of hydrogen-bond donors (Lipinski definition) is 2. The van der Waals surface area contributed by atoms with E-state index in [2.05, 4.69) is 5.32 Å². The van der Waals surface area contributed by atoms with Crippen LogP contribution < -0.4 is 25.4 Å². The molecule has 0 saturated heterocycles.